The Kier molecular flexibility index (Phi) is 5.58. The van der Waals surface area contributed by atoms with Gasteiger partial charge in [0.2, 0.25) is 5.65 Å². The second-order valence-electron chi connectivity index (χ2n) is 8.02. The third-order valence-electron chi connectivity index (χ3n) is 5.75. The summed E-state index contributed by atoms with van der Waals surface area (Å²) >= 11 is 0. The number of methoxy groups -OCH3 is 1. The van der Waals surface area contributed by atoms with Gasteiger partial charge in [0.25, 0.3) is 0 Å². The molecule has 1 N–H and O–H groups in total. The number of rotatable bonds is 9. The molecule has 1 fully saturated rings. The van der Waals surface area contributed by atoms with E-state index in [1.165, 1.54) is 5.56 Å². The quantitative estimate of drug-likeness (QED) is 0.430. The Morgan fingerprint density at radius 1 is 1.12 bits per heavy atom. The van der Waals surface area contributed by atoms with Crippen molar-refractivity contribution in [1.29, 1.82) is 0 Å². The van der Waals surface area contributed by atoms with E-state index in [1.807, 2.05) is 34.8 Å². The fourth-order valence-corrected chi connectivity index (χ4v) is 3.76. The smallest absolute Gasteiger partial charge is 0.201 e. The predicted molar refractivity (Wildman–Crippen MR) is 124 cm³/mol. The highest BCUT2D eigenvalue weighted by Crippen LogP contribution is 2.39. The van der Waals surface area contributed by atoms with E-state index in [9.17, 15) is 0 Å². The molecule has 0 radical (unpaired) electrons. The van der Waals surface area contributed by atoms with Crippen LogP contribution in [0, 0.1) is 0 Å². The minimum absolute atomic E-state index is 0.452. The molecule has 164 valence electrons. The summed E-state index contributed by atoms with van der Waals surface area (Å²) in [6, 6.07) is 16.2. The number of pyridine rings is 1. The molecule has 32 heavy (non-hydrogen) atoms. The molecule has 0 spiro atoms. The van der Waals surface area contributed by atoms with Crippen LogP contribution in [0.2, 0.25) is 0 Å². The molecule has 3 heterocycles. The first-order valence-electron chi connectivity index (χ1n) is 11.0. The van der Waals surface area contributed by atoms with E-state index >= 15 is 0 Å². The standard InChI is InChI=1S/C24H27N7O/c1-3-30(16-17-7-11-20(32-2)12-8-17)22-14-21(26-15-19-6-4-5-13-25-19)24-28-27-23(18-9-10-18)31(24)29-22/h4-8,11-14,18,26H,3,9-10,15-16H2,1-2H3. The number of benzene rings is 1. The van der Waals surface area contributed by atoms with Crippen LogP contribution in [0.1, 0.15) is 42.8 Å². The van der Waals surface area contributed by atoms with Crippen LogP contribution in [-0.2, 0) is 13.1 Å². The Hall–Kier alpha value is -3.68. The summed E-state index contributed by atoms with van der Waals surface area (Å²) in [5, 5.41) is 17.4. The average Bonchev–Trinajstić information content (AvgIpc) is 3.60. The van der Waals surface area contributed by atoms with Crippen LogP contribution in [-0.4, -0.2) is 38.4 Å². The maximum Gasteiger partial charge on any atom is 0.201 e. The molecule has 0 amide bonds. The number of fused-ring (bicyclic) bond motifs is 1. The molecule has 8 heteroatoms. The lowest BCUT2D eigenvalue weighted by Crippen LogP contribution is -2.24. The Balaban J connectivity index is 1.48. The van der Waals surface area contributed by atoms with Gasteiger partial charge in [0, 0.05) is 31.3 Å². The Bertz CT molecular complexity index is 1190. The van der Waals surface area contributed by atoms with Gasteiger partial charge in [0.1, 0.15) is 5.75 Å². The molecule has 1 saturated carbocycles. The first-order valence-corrected chi connectivity index (χ1v) is 11.0. The van der Waals surface area contributed by atoms with Crippen LogP contribution in [0.3, 0.4) is 0 Å². The van der Waals surface area contributed by atoms with Crippen molar-refractivity contribution >= 4 is 17.2 Å². The number of ether oxygens (including phenoxy) is 1. The molecule has 4 aromatic rings. The van der Waals surface area contributed by atoms with Crippen LogP contribution in [0.4, 0.5) is 11.5 Å². The minimum Gasteiger partial charge on any atom is -0.497 e. The van der Waals surface area contributed by atoms with Crippen molar-refractivity contribution in [2.45, 2.75) is 38.8 Å². The molecule has 0 bridgehead atoms. The fraction of sp³-hybridized carbons (Fsp3) is 0.333. The molecular weight excluding hydrogens is 402 g/mol. The van der Waals surface area contributed by atoms with Crippen molar-refractivity contribution in [1.82, 2.24) is 24.8 Å². The maximum absolute atomic E-state index is 5.29. The number of aromatic nitrogens is 5. The molecule has 3 aromatic heterocycles. The number of nitrogens with zero attached hydrogens (tertiary/aromatic N) is 6. The van der Waals surface area contributed by atoms with Crippen LogP contribution in [0.5, 0.6) is 5.75 Å². The van der Waals surface area contributed by atoms with Crippen molar-refractivity contribution in [3.63, 3.8) is 0 Å². The van der Waals surface area contributed by atoms with Gasteiger partial charge in [-0.25, -0.2) is 0 Å². The lowest BCUT2D eigenvalue weighted by atomic mass is 10.2. The van der Waals surface area contributed by atoms with Gasteiger partial charge in [-0.15, -0.1) is 15.3 Å². The molecule has 1 aliphatic carbocycles. The highest BCUT2D eigenvalue weighted by Gasteiger charge is 2.30. The first kappa shape index (κ1) is 20.2. The zero-order chi connectivity index (χ0) is 21.9. The van der Waals surface area contributed by atoms with Gasteiger partial charge in [0.15, 0.2) is 11.6 Å². The van der Waals surface area contributed by atoms with Gasteiger partial charge in [0.05, 0.1) is 25.0 Å². The van der Waals surface area contributed by atoms with E-state index in [0.717, 1.165) is 60.4 Å². The number of nitrogens with one attached hydrogen (secondary N) is 1. The summed E-state index contributed by atoms with van der Waals surface area (Å²) in [6.45, 7) is 4.32. The van der Waals surface area contributed by atoms with Gasteiger partial charge in [-0.3, -0.25) is 4.98 Å². The van der Waals surface area contributed by atoms with Crippen molar-refractivity contribution in [2.75, 3.05) is 23.9 Å². The second kappa shape index (κ2) is 8.82. The largest absolute Gasteiger partial charge is 0.497 e. The van der Waals surface area contributed by atoms with Crippen LogP contribution in [0.15, 0.2) is 54.7 Å². The Morgan fingerprint density at radius 2 is 1.97 bits per heavy atom. The van der Waals surface area contributed by atoms with Gasteiger partial charge < -0.3 is 15.0 Å². The van der Waals surface area contributed by atoms with Crippen molar-refractivity contribution in [2.24, 2.45) is 0 Å². The van der Waals surface area contributed by atoms with Gasteiger partial charge in [-0.1, -0.05) is 18.2 Å². The predicted octanol–water partition coefficient (Wildman–Crippen LogP) is 4.04. The van der Waals surface area contributed by atoms with Gasteiger partial charge in [-0.05, 0) is 49.6 Å². The molecule has 0 atom stereocenters. The lowest BCUT2D eigenvalue weighted by Gasteiger charge is -2.23. The summed E-state index contributed by atoms with van der Waals surface area (Å²) in [5.74, 6) is 3.15. The average molecular weight is 430 g/mol. The van der Waals surface area contributed by atoms with Crippen LogP contribution in [0.25, 0.3) is 5.65 Å². The second-order valence-corrected chi connectivity index (χ2v) is 8.02. The topological polar surface area (TPSA) is 80.5 Å². The summed E-state index contributed by atoms with van der Waals surface area (Å²) in [4.78, 5) is 6.67. The maximum atomic E-state index is 5.29. The van der Waals surface area contributed by atoms with E-state index in [-0.39, 0.29) is 0 Å². The van der Waals surface area contributed by atoms with Gasteiger partial charge in [-0.2, -0.15) is 4.52 Å². The summed E-state index contributed by atoms with van der Waals surface area (Å²) < 4.78 is 7.21. The van der Waals surface area contributed by atoms with E-state index in [1.54, 1.807) is 13.3 Å². The highest BCUT2D eigenvalue weighted by atomic mass is 16.5. The van der Waals surface area contributed by atoms with Crippen molar-refractivity contribution in [3.8, 4) is 5.75 Å². The Labute approximate surface area is 187 Å². The molecule has 0 unspecified atom stereocenters. The Morgan fingerprint density at radius 3 is 2.66 bits per heavy atom. The molecule has 1 aromatic carbocycles. The number of hydrogen-bond acceptors (Lipinski definition) is 7. The highest BCUT2D eigenvalue weighted by molar-refractivity contribution is 5.70. The number of hydrogen-bond donors (Lipinski definition) is 1. The fourth-order valence-electron chi connectivity index (χ4n) is 3.76. The third-order valence-corrected chi connectivity index (χ3v) is 5.75. The van der Waals surface area contributed by atoms with E-state index < -0.39 is 0 Å². The lowest BCUT2D eigenvalue weighted by molar-refractivity contribution is 0.414. The van der Waals surface area contributed by atoms with E-state index in [2.05, 4.69) is 50.5 Å². The SMILES string of the molecule is CCN(Cc1ccc(OC)cc1)c1cc(NCc2ccccn2)c2nnc(C3CC3)n2n1. The normalized spacial score (nSPS) is 13.3. The molecule has 8 nitrogen and oxygen atoms in total. The molecule has 1 aliphatic rings. The van der Waals surface area contributed by atoms with Crippen LogP contribution < -0.4 is 15.0 Å². The van der Waals surface area contributed by atoms with E-state index in [0.29, 0.717) is 12.5 Å². The minimum atomic E-state index is 0.452. The molecule has 0 aliphatic heterocycles. The number of anilines is 2. The van der Waals surface area contributed by atoms with Gasteiger partial charge >= 0.3 is 0 Å². The third kappa shape index (κ3) is 4.21. The summed E-state index contributed by atoms with van der Waals surface area (Å²) in [7, 11) is 1.68. The zero-order valence-electron chi connectivity index (χ0n) is 18.4. The van der Waals surface area contributed by atoms with Crippen molar-refractivity contribution < 1.29 is 4.74 Å². The van der Waals surface area contributed by atoms with Crippen LogP contribution >= 0.6 is 0 Å². The monoisotopic (exact) mass is 429 g/mol. The summed E-state index contributed by atoms with van der Waals surface area (Å²) in [6.07, 6.45) is 4.10. The summed E-state index contributed by atoms with van der Waals surface area (Å²) in [5.41, 5.74) is 3.83. The molecule has 5 rings (SSSR count). The van der Waals surface area contributed by atoms with Crippen molar-refractivity contribution in [3.05, 3.63) is 71.8 Å². The first-order chi connectivity index (χ1) is 15.7. The zero-order valence-corrected chi connectivity index (χ0v) is 18.4. The molecule has 0 saturated heterocycles. The molecular formula is C24H27N7O. The van der Waals surface area contributed by atoms with E-state index in [4.69, 9.17) is 9.84 Å².